The van der Waals surface area contributed by atoms with E-state index in [4.69, 9.17) is 9.52 Å². The number of para-hydroxylation sites is 1. The number of likely N-dealkylation sites (tertiary alicyclic amines) is 1. The van der Waals surface area contributed by atoms with Crippen LogP contribution in [0.15, 0.2) is 28.7 Å². The molecule has 1 aliphatic heterocycles. The number of nitrogens with zero attached hydrogens (tertiary/aromatic N) is 1. The largest absolute Gasteiger partial charge is 0.478 e. The molecule has 94 valence electrons. The van der Waals surface area contributed by atoms with E-state index in [9.17, 15) is 4.79 Å². The van der Waals surface area contributed by atoms with Gasteiger partial charge in [-0.15, -0.1) is 0 Å². The summed E-state index contributed by atoms with van der Waals surface area (Å²) in [5.41, 5.74) is 0.722. The number of hydrogen-bond donors (Lipinski definition) is 1. The standard InChI is InChI=1S/C14H15NO3/c16-14(17)12-5-3-4-10-8-11(18-13(10)12)9-15-6-1-2-7-15/h3-5,8H,1-2,6-7,9H2,(H,16,17). The molecule has 0 bridgehead atoms. The summed E-state index contributed by atoms with van der Waals surface area (Å²) in [7, 11) is 0. The van der Waals surface area contributed by atoms with Crippen LogP contribution in [0.3, 0.4) is 0 Å². The van der Waals surface area contributed by atoms with E-state index in [-0.39, 0.29) is 5.56 Å². The second-order valence-corrected chi connectivity index (χ2v) is 4.73. The minimum absolute atomic E-state index is 0.236. The SMILES string of the molecule is O=C(O)c1cccc2cc(CN3CCCC3)oc12. The summed E-state index contributed by atoms with van der Waals surface area (Å²) in [6, 6.07) is 7.16. The van der Waals surface area contributed by atoms with Crippen LogP contribution in [-0.4, -0.2) is 29.1 Å². The summed E-state index contributed by atoms with van der Waals surface area (Å²) in [4.78, 5) is 13.4. The molecule has 0 radical (unpaired) electrons. The van der Waals surface area contributed by atoms with Crippen molar-refractivity contribution in [1.29, 1.82) is 0 Å². The quantitative estimate of drug-likeness (QED) is 0.903. The van der Waals surface area contributed by atoms with Gasteiger partial charge in [0.15, 0.2) is 0 Å². The van der Waals surface area contributed by atoms with Gasteiger partial charge in [0.05, 0.1) is 6.54 Å². The van der Waals surface area contributed by atoms with E-state index in [1.54, 1.807) is 12.1 Å². The van der Waals surface area contributed by atoms with Gasteiger partial charge in [0.2, 0.25) is 0 Å². The van der Waals surface area contributed by atoms with E-state index < -0.39 is 5.97 Å². The molecule has 3 rings (SSSR count). The maximum atomic E-state index is 11.1. The van der Waals surface area contributed by atoms with E-state index in [2.05, 4.69) is 4.90 Å². The molecule has 2 aromatic rings. The monoisotopic (exact) mass is 245 g/mol. The van der Waals surface area contributed by atoms with Crippen molar-refractivity contribution in [2.75, 3.05) is 13.1 Å². The van der Waals surface area contributed by atoms with Crippen LogP contribution in [-0.2, 0) is 6.54 Å². The van der Waals surface area contributed by atoms with Crippen LogP contribution in [0.2, 0.25) is 0 Å². The van der Waals surface area contributed by atoms with Gasteiger partial charge in [-0.05, 0) is 38.1 Å². The van der Waals surface area contributed by atoms with Gasteiger partial charge in [-0.25, -0.2) is 4.79 Å². The molecule has 1 aliphatic rings. The van der Waals surface area contributed by atoms with Crippen LogP contribution < -0.4 is 0 Å². The lowest BCUT2D eigenvalue weighted by Gasteiger charge is -2.11. The average Bonchev–Trinajstić information content (AvgIpc) is 2.96. The second kappa shape index (κ2) is 4.46. The van der Waals surface area contributed by atoms with Crippen LogP contribution in [0.5, 0.6) is 0 Å². The van der Waals surface area contributed by atoms with Gasteiger partial charge in [0, 0.05) is 5.39 Å². The maximum Gasteiger partial charge on any atom is 0.339 e. The highest BCUT2D eigenvalue weighted by molar-refractivity contribution is 6.01. The highest BCUT2D eigenvalue weighted by Crippen LogP contribution is 2.24. The molecule has 4 heteroatoms. The first kappa shape index (κ1) is 11.3. The summed E-state index contributed by atoms with van der Waals surface area (Å²) in [5.74, 6) is -0.0942. The first-order valence-corrected chi connectivity index (χ1v) is 6.21. The molecule has 1 aromatic heterocycles. The Hall–Kier alpha value is -1.81. The Morgan fingerprint density at radius 1 is 1.33 bits per heavy atom. The van der Waals surface area contributed by atoms with Gasteiger partial charge in [-0.1, -0.05) is 12.1 Å². The molecule has 0 spiro atoms. The summed E-state index contributed by atoms with van der Waals surface area (Å²) in [5, 5.41) is 9.97. The number of rotatable bonds is 3. The van der Waals surface area contributed by atoms with Crippen LogP contribution in [0, 0.1) is 0 Å². The Kier molecular flexibility index (Phi) is 2.80. The first-order valence-electron chi connectivity index (χ1n) is 6.21. The van der Waals surface area contributed by atoms with E-state index in [0.29, 0.717) is 5.58 Å². The van der Waals surface area contributed by atoms with E-state index >= 15 is 0 Å². The van der Waals surface area contributed by atoms with E-state index in [1.165, 1.54) is 12.8 Å². The highest BCUT2D eigenvalue weighted by Gasteiger charge is 2.16. The Morgan fingerprint density at radius 2 is 2.11 bits per heavy atom. The van der Waals surface area contributed by atoms with Crippen molar-refractivity contribution in [3.05, 3.63) is 35.6 Å². The number of carboxylic acid groups (broad SMARTS) is 1. The molecular formula is C14H15NO3. The van der Waals surface area contributed by atoms with Crippen molar-refractivity contribution in [3.8, 4) is 0 Å². The Balaban J connectivity index is 1.94. The minimum Gasteiger partial charge on any atom is -0.478 e. The normalized spacial score (nSPS) is 16.4. The second-order valence-electron chi connectivity index (χ2n) is 4.73. The van der Waals surface area contributed by atoms with Crippen LogP contribution >= 0.6 is 0 Å². The Labute approximate surface area is 105 Å². The zero-order chi connectivity index (χ0) is 12.5. The van der Waals surface area contributed by atoms with Gasteiger partial charge < -0.3 is 9.52 Å². The molecule has 18 heavy (non-hydrogen) atoms. The van der Waals surface area contributed by atoms with Gasteiger partial charge in [-0.2, -0.15) is 0 Å². The molecule has 0 saturated carbocycles. The predicted octanol–water partition coefficient (Wildman–Crippen LogP) is 2.73. The molecule has 0 atom stereocenters. The molecule has 1 fully saturated rings. The van der Waals surface area contributed by atoms with Crippen molar-refractivity contribution in [3.63, 3.8) is 0 Å². The molecule has 0 amide bonds. The van der Waals surface area contributed by atoms with Crippen LogP contribution in [0.25, 0.3) is 11.0 Å². The van der Waals surface area contributed by atoms with Crippen molar-refractivity contribution in [2.45, 2.75) is 19.4 Å². The minimum atomic E-state index is -0.942. The number of fused-ring (bicyclic) bond motifs is 1. The van der Waals surface area contributed by atoms with Crippen molar-refractivity contribution in [2.24, 2.45) is 0 Å². The maximum absolute atomic E-state index is 11.1. The average molecular weight is 245 g/mol. The predicted molar refractivity (Wildman–Crippen MR) is 67.7 cm³/mol. The zero-order valence-electron chi connectivity index (χ0n) is 10.1. The summed E-state index contributed by atoms with van der Waals surface area (Å²) < 4.78 is 5.70. The lowest BCUT2D eigenvalue weighted by atomic mass is 10.1. The number of aromatic carboxylic acids is 1. The highest BCUT2D eigenvalue weighted by atomic mass is 16.4. The number of carbonyl (C=O) groups is 1. The van der Waals surface area contributed by atoms with Gasteiger partial charge in [0.25, 0.3) is 0 Å². The third kappa shape index (κ3) is 1.99. The van der Waals surface area contributed by atoms with Gasteiger partial charge in [-0.3, -0.25) is 4.90 Å². The van der Waals surface area contributed by atoms with Crippen LogP contribution in [0.4, 0.5) is 0 Å². The molecule has 1 N–H and O–H groups in total. The summed E-state index contributed by atoms with van der Waals surface area (Å²) in [6.45, 7) is 2.97. The van der Waals surface area contributed by atoms with Crippen LogP contribution in [0.1, 0.15) is 29.0 Å². The van der Waals surface area contributed by atoms with Gasteiger partial charge >= 0.3 is 5.97 Å². The topological polar surface area (TPSA) is 53.7 Å². The molecule has 1 saturated heterocycles. The lowest BCUT2D eigenvalue weighted by Crippen LogP contribution is -2.17. The summed E-state index contributed by atoms with van der Waals surface area (Å²) >= 11 is 0. The Morgan fingerprint density at radius 3 is 2.83 bits per heavy atom. The summed E-state index contributed by atoms with van der Waals surface area (Å²) in [6.07, 6.45) is 2.47. The first-order chi connectivity index (χ1) is 8.74. The third-order valence-corrected chi connectivity index (χ3v) is 3.40. The van der Waals surface area contributed by atoms with Crippen molar-refractivity contribution < 1.29 is 14.3 Å². The molecule has 0 unspecified atom stereocenters. The fourth-order valence-corrected chi connectivity index (χ4v) is 2.52. The van der Waals surface area contributed by atoms with E-state index in [0.717, 1.165) is 30.8 Å². The number of furan rings is 1. The van der Waals surface area contributed by atoms with Crippen molar-refractivity contribution in [1.82, 2.24) is 4.90 Å². The zero-order valence-corrected chi connectivity index (χ0v) is 10.1. The van der Waals surface area contributed by atoms with Gasteiger partial charge in [0.1, 0.15) is 16.9 Å². The smallest absolute Gasteiger partial charge is 0.339 e. The lowest BCUT2D eigenvalue weighted by molar-refractivity contribution is 0.0698. The molecule has 0 aliphatic carbocycles. The molecular weight excluding hydrogens is 230 g/mol. The fourth-order valence-electron chi connectivity index (χ4n) is 2.52. The molecule has 1 aromatic carbocycles. The molecule has 2 heterocycles. The Bertz CT molecular complexity index is 582. The fraction of sp³-hybridized carbons (Fsp3) is 0.357. The number of benzene rings is 1. The third-order valence-electron chi connectivity index (χ3n) is 3.40. The number of carboxylic acids is 1. The van der Waals surface area contributed by atoms with Crippen molar-refractivity contribution >= 4 is 16.9 Å². The van der Waals surface area contributed by atoms with E-state index in [1.807, 2.05) is 12.1 Å². The number of hydrogen-bond acceptors (Lipinski definition) is 3. The molecule has 4 nitrogen and oxygen atoms in total.